The number of para-hydroxylation sites is 1. The van der Waals surface area contributed by atoms with Crippen LogP contribution in [0.1, 0.15) is 18.9 Å². The Labute approximate surface area is 102 Å². The molecule has 0 saturated carbocycles. The minimum absolute atomic E-state index is 0.639. The minimum Gasteiger partial charge on any atom is -0.317 e. The van der Waals surface area contributed by atoms with Crippen LogP contribution in [0.3, 0.4) is 0 Å². The molecule has 0 spiro atoms. The molecule has 1 aliphatic rings. The first-order valence-corrected chi connectivity index (χ1v) is 6.21. The first-order valence-electron chi connectivity index (χ1n) is 6.21. The van der Waals surface area contributed by atoms with E-state index in [1.165, 1.54) is 21.8 Å². The van der Waals surface area contributed by atoms with Crippen LogP contribution in [0.25, 0.3) is 17.8 Å². The number of benzene rings is 1. The van der Waals surface area contributed by atoms with Crippen LogP contribution in [0.4, 0.5) is 0 Å². The molecule has 1 heteroatoms. The number of fused-ring (bicyclic) bond motifs is 1. The highest BCUT2D eigenvalue weighted by molar-refractivity contribution is 5.46. The van der Waals surface area contributed by atoms with Gasteiger partial charge in [-0.1, -0.05) is 37.3 Å². The monoisotopic (exact) mass is 223 g/mol. The maximum absolute atomic E-state index is 2.38. The molecule has 3 rings (SSSR count). The number of aromatic nitrogens is 1. The predicted molar refractivity (Wildman–Crippen MR) is 72.5 cm³/mol. The molecule has 0 N–H and O–H groups in total. The molecular formula is C16H17N. The largest absolute Gasteiger partial charge is 0.317 e. The lowest BCUT2D eigenvalue weighted by Crippen LogP contribution is -2.31. The summed E-state index contributed by atoms with van der Waals surface area (Å²) in [5.74, 6) is 0.639. The molecule has 1 aromatic heterocycles. The Balaban J connectivity index is 2.29. The number of rotatable bonds is 1. The molecule has 1 atom stereocenters. The van der Waals surface area contributed by atoms with Crippen LogP contribution < -0.4 is 10.6 Å². The summed E-state index contributed by atoms with van der Waals surface area (Å²) in [5, 5.41) is 2.71. The van der Waals surface area contributed by atoms with Crippen LogP contribution in [0.5, 0.6) is 0 Å². The van der Waals surface area contributed by atoms with Crippen LogP contribution >= 0.6 is 0 Å². The van der Waals surface area contributed by atoms with Crippen molar-refractivity contribution in [3.63, 3.8) is 0 Å². The highest BCUT2D eigenvalue weighted by Gasteiger charge is 2.07. The molecular weight excluding hydrogens is 206 g/mol. The summed E-state index contributed by atoms with van der Waals surface area (Å²) in [5.41, 5.74) is 2.60. The quantitative estimate of drug-likeness (QED) is 0.699. The molecule has 0 aliphatic heterocycles. The van der Waals surface area contributed by atoms with E-state index in [1.54, 1.807) is 0 Å². The van der Waals surface area contributed by atoms with Gasteiger partial charge in [0, 0.05) is 17.2 Å². The average molecular weight is 223 g/mol. The zero-order chi connectivity index (χ0) is 11.8. The predicted octanol–water partition coefficient (Wildman–Crippen LogP) is 2.39. The van der Waals surface area contributed by atoms with Crippen molar-refractivity contribution in [2.75, 3.05) is 0 Å². The smallest absolute Gasteiger partial charge is 0.0488 e. The third-order valence-electron chi connectivity index (χ3n) is 3.49. The van der Waals surface area contributed by atoms with Gasteiger partial charge in [0.05, 0.1) is 0 Å². The minimum atomic E-state index is 0.639. The van der Waals surface area contributed by atoms with Crippen LogP contribution in [0.2, 0.25) is 0 Å². The van der Waals surface area contributed by atoms with Gasteiger partial charge in [-0.2, -0.15) is 0 Å². The molecule has 1 aliphatic carbocycles. The lowest BCUT2D eigenvalue weighted by molar-refractivity contribution is 0.791. The lowest BCUT2D eigenvalue weighted by atomic mass is 10.0. The van der Waals surface area contributed by atoms with Crippen molar-refractivity contribution in [3.05, 3.63) is 52.7 Å². The zero-order valence-electron chi connectivity index (χ0n) is 10.4. The Morgan fingerprint density at radius 1 is 1.18 bits per heavy atom. The molecule has 1 aromatic carbocycles. The molecule has 86 valence electrons. The van der Waals surface area contributed by atoms with Crippen LogP contribution in [-0.2, 0) is 0 Å². The van der Waals surface area contributed by atoms with E-state index in [-0.39, 0.29) is 0 Å². The third-order valence-corrected chi connectivity index (χ3v) is 3.49. The SMILES string of the molecule is Cc1ccccc1-n1ccc2c1=CC(C)CC=2. The van der Waals surface area contributed by atoms with Gasteiger partial charge in [0.15, 0.2) is 0 Å². The van der Waals surface area contributed by atoms with E-state index in [1.807, 2.05) is 0 Å². The molecule has 17 heavy (non-hydrogen) atoms. The maximum atomic E-state index is 2.38. The summed E-state index contributed by atoms with van der Waals surface area (Å²) in [4.78, 5) is 0. The van der Waals surface area contributed by atoms with Gasteiger partial charge in [-0.15, -0.1) is 0 Å². The molecule has 2 aromatic rings. The Morgan fingerprint density at radius 3 is 2.82 bits per heavy atom. The standard InChI is InChI=1S/C16H17N/c1-12-7-8-14-9-10-17(16(14)11-12)15-6-4-3-5-13(15)2/h3-6,8-12H,7H2,1-2H3. The lowest BCUT2D eigenvalue weighted by Gasteiger charge is -2.11. The zero-order valence-corrected chi connectivity index (χ0v) is 10.4. The van der Waals surface area contributed by atoms with Gasteiger partial charge >= 0.3 is 0 Å². The van der Waals surface area contributed by atoms with E-state index in [4.69, 9.17) is 0 Å². The van der Waals surface area contributed by atoms with Gasteiger partial charge in [-0.25, -0.2) is 0 Å². The molecule has 0 saturated heterocycles. The van der Waals surface area contributed by atoms with E-state index in [0.29, 0.717) is 5.92 Å². The van der Waals surface area contributed by atoms with Crippen molar-refractivity contribution in [2.24, 2.45) is 5.92 Å². The Kier molecular flexibility index (Phi) is 2.40. The molecule has 0 radical (unpaired) electrons. The second-order valence-corrected chi connectivity index (χ2v) is 4.90. The van der Waals surface area contributed by atoms with Crippen molar-refractivity contribution in [3.8, 4) is 5.69 Å². The Hall–Kier alpha value is -1.76. The summed E-state index contributed by atoms with van der Waals surface area (Å²) in [6.07, 6.45) is 8.05. The first-order chi connectivity index (χ1) is 8.25. The number of aryl methyl sites for hydroxylation is 1. The fraction of sp³-hybridized carbons (Fsp3) is 0.250. The van der Waals surface area contributed by atoms with Gasteiger partial charge < -0.3 is 4.57 Å². The van der Waals surface area contributed by atoms with Crippen LogP contribution in [-0.4, -0.2) is 4.57 Å². The van der Waals surface area contributed by atoms with Gasteiger partial charge in [-0.05, 0) is 42.2 Å². The Bertz CT molecular complexity index is 661. The number of nitrogens with zero attached hydrogens (tertiary/aromatic N) is 1. The van der Waals surface area contributed by atoms with Crippen molar-refractivity contribution >= 4 is 12.2 Å². The van der Waals surface area contributed by atoms with E-state index in [0.717, 1.165) is 6.42 Å². The average Bonchev–Trinajstić information content (AvgIpc) is 2.72. The van der Waals surface area contributed by atoms with Crippen molar-refractivity contribution in [1.29, 1.82) is 0 Å². The summed E-state index contributed by atoms with van der Waals surface area (Å²) in [6, 6.07) is 10.8. The van der Waals surface area contributed by atoms with Gasteiger partial charge in [0.25, 0.3) is 0 Å². The van der Waals surface area contributed by atoms with Gasteiger partial charge in [0.1, 0.15) is 0 Å². The summed E-state index contributed by atoms with van der Waals surface area (Å²) < 4.78 is 2.30. The summed E-state index contributed by atoms with van der Waals surface area (Å²) in [6.45, 7) is 4.44. The van der Waals surface area contributed by atoms with Gasteiger partial charge in [0.2, 0.25) is 0 Å². The van der Waals surface area contributed by atoms with Gasteiger partial charge in [-0.3, -0.25) is 0 Å². The van der Waals surface area contributed by atoms with Crippen LogP contribution in [0.15, 0.2) is 36.5 Å². The normalized spacial score (nSPS) is 18.1. The second-order valence-electron chi connectivity index (χ2n) is 4.90. The molecule has 0 amide bonds. The number of hydrogen-bond donors (Lipinski definition) is 0. The third kappa shape index (κ3) is 1.72. The van der Waals surface area contributed by atoms with E-state index >= 15 is 0 Å². The molecule has 1 unspecified atom stereocenters. The van der Waals surface area contributed by atoms with E-state index in [2.05, 4.69) is 67.1 Å². The Morgan fingerprint density at radius 2 is 2.00 bits per heavy atom. The molecule has 1 heterocycles. The fourth-order valence-corrected chi connectivity index (χ4v) is 2.50. The molecule has 0 bridgehead atoms. The summed E-state index contributed by atoms with van der Waals surface area (Å²) >= 11 is 0. The first kappa shape index (κ1) is 10.4. The second kappa shape index (κ2) is 3.92. The topological polar surface area (TPSA) is 4.93 Å². The summed E-state index contributed by atoms with van der Waals surface area (Å²) in [7, 11) is 0. The highest BCUT2D eigenvalue weighted by Crippen LogP contribution is 2.12. The molecule has 1 nitrogen and oxygen atoms in total. The van der Waals surface area contributed by atoms with E-state index in [9.17, 15) is 0 Å². The maximum Gasteiger partial charge on any atom is 0.0488 e. The van der Waals surface area contributed by atoms with Crippen LogP contribution in [0, 0.1) is 12.8 Å². The van der Waals surface area contributed by atoms with E-state index < -0.39 is 0 Å². The fourth-order valence-electron chi connectivity index (χ4n) is 2.50. The van der Waals surface area contributed by atoms with Crippen molar-refractivity contribution in [1.82, 2.24) is 4.57 Å². The van der Waals surface area contributed by atoms with Crippen molar-refractivity contribution in [2.45, 2.75) is 20.3 Å². The van der Waals surface area contributed by atoms with Crippen molar-refractivity contribution < 1.29 is 0 Å². The molecule has 0 fully saturated rings. The highest BCUT2D eigenvalue weighted by atomic mass is 15.0. The number of hydrogen-bond acceptors (Lipinski definition) is 0.